The number of methoxy groups -OCH3 is 4. The molecule has 58 heavy (non-hydrogen) atoms. The Hall–Kier alpha value is -6.56. The van der Waals surface area contributed by atoms with Gasteiger partial charge in [-0.05, 0) is 82.1 Å². The number of aromatic nitrogens is 3. The number of hydrogen-bond acceptors (Lipinski definition) is 11. The lowest BCUT2D eigenvalue weighted by atomic mass is 9.97. The van der Waals surface area contributed by atoms with Gasteiger partial charge in [-0.3, -0.25) is 4.90 Å². The van der Waals surface area contributed by atoms with E-state index in [1.54, 1.807) is 77.5 Å². The van der Waals surface area contributed by atoms with E-state index in [9.17, 15) is 4.79 Å². The molecule has 6 rings (SSSR count). The van der Waals surface area contributed by atoms with Gasteiger partial charge in [0.05, 0.1) is 40.7 Å². The summed E-state index contributed by atoms with van der Waals surface area (Å²) in [5.74, 6) is 2.84. The smallest absolute Gasteiger partial charge is 0.416 e. The van der Waals surface area contributed by atoms with Crippen LogP contribution < -0.4 is 33.5 Å². The summed E-state index contributed by atoms with van der Waals surface area (Å²) in [5.41, 5.74) is 4.29. The number of anilines is 2. The van der Waals surface area contributed by atoms with Gasteiger partial charge in [-0.1, -0.05) is 36.4 Å². The summed E-state index contributed by atoms with van der Waals surface area (Å²) in [6.45, 7) is 6.61. The van der Waals surface area contributed by atoms with E-state index in [0.29, 0.717) is 68.6 Å². The molecule has 0 saturated heterocycles. The standard InChI is InChI=1S/C46H51N5O7/c1-29-16-21-37(57-27-31-14-12-11-13-15-31)30(2)41(29)43-42-36(24-40(49-43)50(6)25-32-17-19-34(53-7)22-38(32)55-9)44(48-28-47-42)51(45(52)58-46(3,4)5)26-33-18-20-35(54-8)23-39(33)56-10/h11-24,28H,25-27H2,1-10H3/i6D3. The Morgan fingerprint density at radius 1 is 0.759 bits per heavy atom. The number of carbonyl (C=O) groups is 1. The van der Waals surface area contributed by atoms with Crippen molar-refractivity contribution in [3.8, 4) is 40.0 Å². The van der Waals surface area contributed by atoms with Crippen molar-refractivity contribution in [1.29, 1.82) is 0 Å². The van der Waals surface area contributed by atoms with Crippen molar-refractivity contribution in [2.24, 2.45) is 0 Å². The topological polar surface area (TPSA) is 118 Å². The number of nitrogens with zero attached hydrogens (tertiary/aromatic N) is 5. The maximum atomic E-state index is 14.4. The van der Waals surface area contributed by atoms with Gasteiger partial charge >= 0.3 is 6.09 Å². The Labute approximate surface area is 344 Å². The number of ether oxygens (including phenoxy) is 6. The third-order valence-electron chi connectivity index (χ3n) is 9.48. The number of benzene rings is 4. The predicted molar refractivity (Wildman–Crippen MR) is 227 cm³/mol. The van der Waals surface area contributed by atoms with Gasteiger partial charge < -0.3 is 33.3 Å². The summed E-state index contributed by atoms with van der Waals surface area (Å²) in [4.78, 5) is 31.6. The summed E-state index contributed by atoms with van der Waals surface area (Å²) in [7, 11) is 6.14. The highest BCUT2D eigenvalue weighted by Crippen LogP contribution is 2.40. The van der Waals surface area contributed by atoms with E-state index < -0.39 is 18.7 Å². The van der Waals surface area contributed by atoms with E-state index >= 15 is 0 Å². The zero-order chi connectivity index (χ0) is 44.1. The van der Waals surface area contributed by atoms with Gasteiger partial charge in [0, 0.05) is 57.4 Å². The minimum atomic E-state index is -2.72. The molecule has 6 aromatic rings. The molecule has 302 valence electrons. The fraction of sp³-hybridized carbons (Fsp3) is 0.304. The first-order valence-electron chi connectivity index (χ1n) is 20.2. The first kappa shape index (κ1) is 37.0. The molecule has 12 heteroatoms. The molecule has 2 heterocycles. The lowest BCUT2D eigenvalue weighted by molar-refractivity contribution is 0.0576. The number of rotatable bonds is 14. The van der Waals surface area contributed by atoms with Crippen LogP contribution in [0.4, 0.5) is 16.4 Å². The van der Waals surface area contributed by atoms with Gasteiger partial charge in [0.2, 0.25) is 0 Å². The average molecular weight is 789 g/mol. The number of carbonyl (C=O) groups excluding carboxylic acids is 1. The normalized spacial score (nSPS) is 12.2. The molecule has 0 aliphatic rings. The van der Waals surface area contributed by atoms with Crippen LogP contribution in [-0.4, -0.2) is 62.1 Å². The number of aryl methyl sites for hydroxylation is 1. The van der Waals surface area contributed by atoms with E-state index in [1.807, 2.05) is 56.3 Å². The fourth-order valence-corrected chi connectivity index (χ4v) is 6.58. The first-order valence-corrected chi connectivity index (χ1v) is 18.7. The molecule has 0 spiro atoms. The van der Waals surface area contributed by atoms with Gasteiger partial charge in [-0.15, -0.1) is 0 Å². The van der Waals surface area contributed by atoms with Crippen molar-refractivity contribution in [1.82, 2.24) is 15.0 Å². The summed E-state index contributed by atoms with van der Waals surface area (Å²) in [6.07, 6.45) is 0.652. The zero-order valence-corrected chi connectivity index (χ0v) is 34.4. The van der Waals surface area contributed by atoms with Gasteiger partial charge in [-0.25, -0.2) is 19.7 Å². The lowest BCUT2D eigenvalue weighted by Gasteiger charge is -2.28. The molecule has 0 aliphatic heterocycles. The molecule has 0 saturated carbocycles. The van der Waals surface area contributed by atoms with Crippen molar-refractivity contribution >= 4 is 28.6 Å². The van der Waals surface area contributed by atoms with Crippen LogP contribution in [0.15, 0.2) is 91.3 Å². The zero-order valence-electron chi connectivity index (χ0n) is 37.4. The van der Waals surface area contributed by atoms with Crippen LogP contribution in [0.25, 0.3) is 22.2 Å². The second-order valence-corrected chi connectivity index (χ2v) is 14.6. The fourth-order valence-electron chi connectivity index (χ4n) is 6.58. The van der Waals surface area contributed by atoms with Gasteiger partial charge in [0.1, 0.15) is 64.4 Å². The predicted octanol–water partition coefficient (Wildman–Crippen LogP) is 9.50. The molecule has 0 atom stereocenters. The van der Waals surface area contributed by atoms with E-state index in [0.717, 1.165) is 16.7 Å². The number of pyridine rings is 1. The van der Waals surface area contributed by atoms with Crippen LogP contribution in [0, 0.1) is 13.8 Å². The van der Waals surface area contributed by atoms with E-state index in [1.165, 1.54) is 30.3 Å². The van der Waals surface area contributed by atoms with E-state index in [2.05, 4.69) is 0 Å². The number of amides is 1. The highest BCUT2D eigenvalue weighted by molar-refractivity contribution is 6.04. The maximum absolute atomic E-state index is 14.4. The molecular weight excluding hydrogens is 735 g/mol. The summed E-state index contributed by atoms with van der Waals surface area (Å²) in [5, 5.41) is 0.339. The Bertz CT molecular complexity index is 2510. The summed E-state index contributed by atoms with van der Waals surface area (Å²) in [6, 6.07) is 25.7. The van der Waals surface area contributed by atoms with E-state index in [-0.39, 0.29) is 24.7 Å². The Balaban J connectivity index is 1.63. The van der Waals surface area contributed by atoms with Crippen molar-refractivity contribution in [3.63, 3.8) is 0 Å². The van der Waals surface area contributed by atoms with Gasteiger partial charge in [-0.2, -0.15) is 0 Å². The second-order valence-electron chi connectivity index (χ2n) is 14.6. The van der Waals surface area contributed by atoms with Gasteiger partial charge in [0.25, 0.3) is 0 Å². The van der Waals surface area contributed by atoms with Crippen LogP contribution in [-0.2, 0) is 24.4 Å². The molecule has 1 amide bonds. The van der Waals surface area contributed by atoms with Crippen LogP contribution in [0.2, 0.25) is 0 Å². The molecule has 0 N–H and O–H groups in total. The van der Waals surface area contributed by atoms with Crippen LogP contribution >= 0.6 is 0 Å². The highest BCUT2D eigenvalue weighted by Gasteiger charge is 2.29. The third kappa shape index (κ3) is 9.18. The molecule has 12 nitrogen and oxygen atoms in total. The molecule has 2 aromatic heterocycles. The third-order valence-corrected chi connectivity index (χ3v) is 9.48. The second kappa shape index (κ2) is 17.7. The largest absolute Gasteiger partial charge is 0.497 e. The van der Waals surface area contributed by atoms with Crippen molar-refractivity contribution < 1.29 is 37.3 Å². The average Bonchev–Trinajstić information content (AvgIpc) is 3.23. The quantitative estimate of drug-likeness (QED) is 0.105. The highest BCUT2D eigenvalue weighted by atomic mass is 16.6. The molecule has 0 aliphatic carbocycles. The SMILES string of the molecule is [2H]C([2H])([2H])N(Cc1ccc(OC)cc1OC)c1cc2c(N(Cc3ccc(OC)cc3OC)C(=O)OC(C)(C)C)ncnc2c(-c2c(C)ccc(OCc3ccccc3)c2C)n1. The van der Waals surface area contributed by atoms with Crippen LogP contribution in [0.5, 0.6) is 28.7 Å². The van der Waals surface area contributed by atoms with E-state index in [4.69, 9.17) is 47.5 Å². The molecule has 0 bridgehead atoms. The van der Waals surface area contributed by atoms with Crippen molar-refractivity contribution in [3.05, 3.63) is 119 Å². The lowest BCUT2D eigenvalue weighted by Crippen LogP contribution is -2.37. The Morgan fingerprint density at radius 3 is 2.02 bits per heavy atom. The first-order chi connectivity index (χ1) is 29.0. The molecule has 0 radical (unpaired) electrons. The molecular formula is C46H51N5O7. The van der Waals surface area contributed by atoms with Crippen molar-refractivity contribution in [2.45, 2.75) is 59.9 Å². The van der Waals surface area contributed by atoms with Crippen LogP contribution in [0.1, 0.15) is 52.7 Å². The van der Waals surface area contributed by atoms with Gasteiger partial charge in [0.15, 0.2) is 0 Å². The van der Waals surface area contributed by atoms with Crippen molar-refractivity contribution in [2.75, 3.05) is 45.2 Å². The number of hydrogen-bond donors (Lipinski definition) is 0. The minimum absolute atomic E-state index is 0.0475. The maximum Gasteiger partial charge on any atom is 0.416 e. The minimum Gasteiger partial charge on any atom is -0.497 e. The summed E-state index contributed by atoms with van der Waals surface area (Å²) >= 11 is 0. The molecule has 0 unspecified atom stereocenters. The number of fused-ring (bicyclic) bond motifs is 1. The van der Waals surface area contributed by atoms with Crippen LogP contribution in [0.3, 0.4) is 0 Å². The molecule has 0 fully saturated rings. The monoisotopic (exact) mass is 788 g/mol. The Kier molecular flexibility index (Phi) is 11.3. The summed E-state index contributed by atoms with van der Waals surface area (Å²) < 4.78 is 61.2. The Morgan fingerprint density at radius 2 is 1.41 bits per heavy atom. The molecule has 4 aromatic carbocycles.